The summed E-state index contributed by atoms with van der Waals surface area (Å²) in [6.07, 6.45) is 0.672. The summed E-state index contributed by atoms with van der Waals surface area (Å²) in [6, 6.07) is 13.3. The molecule has 5 heteroatoms. The number of rotatable bonds is 5. The van der Waals surface area contributed by atoms with Crippen molar-refractivity contribution in [1.82, 2.24) is 5.32 Å². The van der Waals surface area contributed by atoms with Gasteiger partial charge in [-0.05, 0) is 29.3 Å². The Labute approximate surface area is 123 Å². The van der Waals surface area contributed by atoms with Crippen molar-refractivity contribution in [3.05, 3.63) is 42.5 Å². The molecule has 2 rings (SSSR count). The summed E-state index contributed by atoms with van der Waals surface area (Å²) >= 11 is 0. The largest absolute Gasteiger partial charge is 0.385 e. The maximum Gasteiger partial charge on any atom is 0.313 e. The summed E-state index contributed by atoms with van der Waals surface area (Å²) in [5.41, 5.74) is 0.603. The molecule has 0 radical (unpaired) electrons. The molecule has 2 aromatic rings. The Morgan fingerprint density at radius 3 is 2.57 bits per heavy atom. The molecule has 2 N–H and O–H groups in total. The van der Waals surface area contributed by atoms with Crippen molar-refractivity contribution in [3.63, 3.8) is 0 Å². The number of anilines is 1. The van der Waals surface area contributed by atoms with Crippen LogP contribution in [0.5, 0.6) is 0 Å². The van der Waals surface area contributed by atoms with Crippen LogP contribution in [-0.4, -0.2) is 32.1 Å². The zero-order chi connectivity index (χ0) is 15.1. The van der Waals surface area contributed by atoms with Crippen LogP contribution in [0.4, 0.5) is 5.69 Å². The van der Waals surface area contributed by atoms with E-state index in [0.29, 0.717) is 25.3 Å². The second kappa shape index (κ2) is 7.40. The smallest absolute Gasteiger partial charge is 0.313 e. The van der Waals surface area contributed by atoms with Crippen molar-refractivity contribution >= 4 is 28.3 Å². The van der Waals surface area contributed by atoms with Crippen LogP contribution >= 0.6 is 0 Å². The Hall–Kier alpha value is -2.40. The van der Waals surface area contributed by atoms with E-state index in [9.17, 15) is 9.59 Å². The molecule has 0 spiro atoms. The van der Waals surface area contributed by atoms with Crippen LogP contribution in [0.1, 0.15) is 6.42 Å². The summed E-state index contributed by atoms with van der Waals surface area (Å²) in [5, 5.41) is 7.23. The number of hydrogen-bond donors (Lipinski definition) is 2. The molecule has 0 saturated heterocycles. The molecule has 0 aliphatic rings. The first kappa shape index (κ1) is 15.0. The number of benzene rings is 2. The van der Waals surface area contributed by atoms with Gasteiger partial charge in [-0.25, -0.2) is 0 Å². The third-order valence-electron chi connectivity index (χ3n) is 3.02. The van der Waals surface area contributed by atoms with E-state index < -0.39 is 11.8 Å². The molecule has 0 aliphatic heterocycles. The van der Waals surface area contributed by atoms with Crippen molar-refractivity contribution in [1.29, 1.82) is 0 Å². The Morgan fingerprint density at radius 2 is 1.81 bits per heavy atom. The van der Waals surface area contributed by atoms with E-state index >= 15 is 0 Å². The first-order valence-corrected chi connectivity index (χ1v) is 6.77. The first-order valence-electron chi connectivity index (χ1n) is 6.77. The third-order valence-corrected chi connectivity index (χ3v) is 3.02. The van der Waals surface area contributed by atoms with Gasteiger partial charge in [-0.3, -0.25) is 9.59 Å². The van der Waals surface area contributed by atoms with Gasteiger partial charge in [-0.1, -0.05) is 30.3 Å². The molecule has 0 saturated carbocycles. The van der Waals surface area contributed by atoms with Crippen molar-refractivity contribution in [2.24, 2.45) is 0 Å². The summed E-state index contributed by atoms with van der Waals surface area (Å²) in [5.74, 6) is -1.30. The Bertz CT molecular complexity index is 640. The summed E-state index contributed by atoms with van der Waals surface area (Å²) < 4.78 is 4.87. The van der Waals surface area contributed by atoms with Gasteiger partial charge in [0.25, 0.3) is 0 Å². The lowest BCUT2D eigenvalue weighted by Gasteiger charge is -2.07. The highest BCUT2D eigenvalue weighted by Crippen LogP contribution is 2.18. The van der Waals surface area contributed by atoms with E-state index in [1.165, 1.54) is 0 Å². The molecule has 0 aliphatic carbocycles. The lowest BCUT2D eigenvalue weighted by Crippen LogP contribution is -2.36. The van der Waals surface area contributed by atoms with Gasteiger partial charge in [-0.2, -0.15) is 0 Å². The average Bonchev–Trinajstić information content (AvgIpc) is 2.51. The van der Waals surface area contributed by atoms with Gasteiger partial charge < -0.3 is 15.4 Å². The summed E-state index contributed by atoms with van der Waals surface area (Å²) in [6.45, 7) is 0.963. The Kier molecular flexibility index (Phi) is 5.29. The molecule has 2 aromatic carbocycles. The molecule has 0 fully saturated rings. The monoisotopic (exact) mass is 286 g/mol. The number of methoxy groups -OCH3 is 1. The minimum atomic E-state index is -0.664. The fourth-order valence-corrected chi connectivity index (χ4v) is 1.95. The Balaban J connectivity index is 1.92. The highest BCUT2D eigenvalue weighted by atomic mass is 16.5. The molecule has 0 unspecified atom stereocenters. The molecule has 5 nitrogen and oxygen atoms in total. The predicted molar refractivity (Wildman–Crippen MR) is 82.1 cm³/mol. The van der Waals surface area contributed by atoms with Gasteiger partial charge in [0.1, 0.15) is 0 Å². The van der Waals surface area contributed by atoms with Crippen LogP contribution in [-0.2, 0) is 14.3 Å². The predicted octanol–water partition coefficient (Wildman–Crippen LogP) is 1.93. The van der Waals surface area contributed by atoms with Crippen molar-refractivity contribution in [3.8, 4) is 0 Å². The van der Waals surface area contributed by atoms with Gasteiger partial charge in [0.2, 0.25) is 0 Å². The minimum Gasteiger partial charge on any atom is -0.385 e. The van der Waals surface area contributed by atoms with Crippen LogP contribution in [0.3, 0.4) is 0 Å². The standard InChI is InChI=1S/C16H18N2O3/c1-21-10-4-9-17-15(19)16(20)18-14-8-7-12-5-2-3-6-13(12)11-14/h2-3,5-8,11H,4,9-10H2,1H3,(H,17,19)(H,18,20). The second-order valence-electron chi connectivity index (χ2n) is 4.62. The van der Waals surface area contributed by atoms with Gasteiger partial charge in [0.15, 0.2) is 0 Å². The van der Waals surface area contributed by atoms with Gasteiger partial charge >= 0.3 is 11.8 Å². The van der Waals surface area contributed by atoms with Crippen LogP contribution < -0.4 is 10.6 Å². The van der Waals surface area contributed by atoms with E-state index in [4.69, 9.17) is 4.74 Å². The van der Waals surface area contributed by atoms with E-state index in [0.717, 1.165) is 10.8 Å². The van der Waals surface area contributed by atoms with E-state index in [1.54, 1.807) is 13.2 Å². The first-order chi connectivity index (χ1) is 10.2. The molecule has 0 aromatic heterocycles. The van der Waals surface area contributed by atoms with Gasteiger partial charge in [-0.15, -0.1) is 0 Å². The van der Waals surface area contributed by atoms with Crippen LogP contribution in [0.25, 0.3) is 10.8 Å². The number of carbonyl (C=O) groups excluding carboxylic acids is 2. The number of nitrogens with one attached hydrogen (secondary N) is 2. The molecule has 2 amide bonds. The zero-order valence-electron chi connectivity index (χ0n) is 11.9. The number of hydrogen-bond acceptors (Lipinski definition) is 3. The van der Waals surface area contributed by atoms with Crippen LogP contribution in [0.15, 0.2) is 42.5 Å². The summed E-state index contributed by atoms with van der Waals surface area (Å²) in [7, 11) is 1.59. The molecule has 110 valence electrons. The molecular formula is C16H18N2O3. The van der Waals surface area contributed by atoms with Crippen molar-refractivity contribution < 1.29 is 14.3 Å². The molecule has 0 bridgehead atoms. The van der Waals surface area contributed by atoms with E-state index in [2.05, 4.69) is 10.6 Å². The highest BCUT2D eigenvalue weighted by molar-refractivity contribution is 6.39. The molecule has 0 atom stereocenters. The van der Waals surface area contributed by atoms with Gasteiger partial charge in [0.05, 0.1) is 0 Å². The maximum absolute atomic E-state index is 11.8. The average molecular weight is 286 g/mol. The molecule has 21 heavy (non-hydrogen) atoms. The minimum absolute atomic E-state index is 0.414. The van der Waals surface area contributed by atoms with Crippen LogP contribution in [0, 0.1) is 0 Å². The topological polar surface area (TPSA) is 67.4 Å². The zero-order valence-corrected chi connectivity index (χ0v) is 11.9. The molecule has 0 heterocycles. The number of carbonyl (C=O) groups is 2. The fourth-order valence-electron chi connectivity index (χ4n) is 1.95. The number of ether oxygens (including phenoxy) is 1. The Morgan fingerprint density at radius 1 is 1.05 bits per heavy atom. The lowest BCUT2D eigenvalue weighted by molar-refractivity contribution is -0.136. The lowest BCUT2D eigenvalue weighted by atomic mass is 10.1. The second-order valence-corrected chi connectivity index (χ2v) is 4.62. The summed E-state index contributed by atoms with van der Waals surface area (Å²) in [4.78, 5) is 23.4. The van der Waals surface area contributed by atoms with Crippen molar-refractivity contribution in [2.75, 3.05) is 25.6 Å². The fraction of sp³-hybridized carbons (Fsp3) is 0.250. The third kappa shape index (κ3) is 4.29. The van der Waals surface area contributed by atoms with Crippen molar-refractivity contribution in [2.45, 2.75) is 6.42 Å². The SMILES string of the molecule is COCCCNC(=O)C(=O)Nc1ccc2ccccc2c1. The van der Waals surface area contributed by atoms with Gasteiger partial charge in [0, 0.05) is 25.9 Å². The maximum atomic E-state index is 11.8. The van der Waals surface area contributed by atoms with E-state index in [-0.39, 0.29) is 0 Å². The number of amides is 2. The normalized spacial score (nSPS) is 10.3. The molecular weight excluding hydrogens is 268 g/mol. The van der Waals surface area contributed by atoms with E-state index in [1.807, 2.05) is 36.4 Å². The quantitative estimate of drug-likeness (QED) is 0.652. The highest BCUT2D eigenvalue weighted by Gasteiger charge is 2.12. The number of fused-ring (bicyclic) bond motifs is 1. The van der Waals surface area contributed by atoms with Crippen LogP contribution in [0.2, 0.25) is 0 Å².